The van der Waals surface area contributed by atoms with Gasteiger partial charge in [0, 0.05) is 0 Å². The minimum absolute atomic E-state index is 0.582. The summed E-state index contributed by atoms with van der Waals surface area (Å²) in [6, 6.07) is 0. The lowest BCUT2D eigenvalue weighted by molar-refractivity contribution is -0.461. The Morgan fingerprint density at radius 3 is 1.09 bits per heavy atom. The van der Waals surface area contributed by atoms with Crippen LogP contribution in [0.5, 0.6) is 0 Å². The Kier molecular flexibility index (Phi) is 5.63. The summed E-state index contributed by atoms with van der Waals surface area (Å²) in [5.41, 5.74) is -6.54. The highest BCUT2D eigenvalue weighted by Gasteiger charge is 2.91. The van der Waals surface area contributed by atoms with E-state index in [4.69, 9.17) is 0 Å². The Balaban J connectivity index is 6.67. The Bertz CT molecular complexity index is 382. The lowest BCUT2D eigenvalue weighted by Crippen LogP contribution is -2.70. The summed E-state index contributed by atoms with van der Waals surface area (Å²) in [5, 5.41) is 0. The fraction of sp³-hybridized carbons (Fsp3) is 1.00. The first-order valence-electron chi connectivity index (χ1n) is 5.77. The predicted molar refractivity (Wildman–Crippen MR) is 50.0 cm³/mol. The normalized spacial score (nSPS) is 15.9. The molecule has 0 aliphatic rings. The first-order chi connectivity index (χ1) is 9.81. The van der Waals surface area contributed by atoms with Crippen LogP contribution < -0.4 is 0 Å². The van der Waals surface area contributed by atoms with E-state index < -0.39 is 55.1 Å². The van der Waals surface area contributed by atoms with E-state index in [0.717, 1.165) is 6.92 Å². The first kappa shape index (κ1) is 22.1. The molecule has 0 aliphatic heterocycles. The van der Waals surface area contributed by atoms with Gasteiger partial charge >= 0.3 is 30.4 Å². The second-order valence-electron chi connectivity index (χ2n) is 4.65. The zero-order valence-electron chi connectivity index (χ0n) is 11.0. The molecule has 0 bridgehead atoms. The molecular formula is C10H9F13. The Morgan fingerprint density at radius 2 is 0.870 bits per heavy atom. The number of halogens is 13. The zero-order chi connectivity index (χ0) is 19.1. The van der Waals surface area contributed by atoms with Crippen LogP contribution in [0, 0.1) is 5.41 Å². The van der Waals surface area contributed by atoms with Crippen LogP contribution in [0.4, 0.5) is 57.1 Å². The van der Waals surface area contributed by atoms with E-state index in [1.165, 1.54) is 0 Å². The second kappa shape index (κ2) is 5.87. The Morgan fingerprint density at radius 1 is 0.522 bits per heavy atom. The van der Waals surface area contributed by atoms with Crippen molar-refractivity contribution in [3.8, 4) is 0 Å². The third kappa shape index (κ3) is 3.19. The molecule has 0 aromatic carbocycles. The lowest BCUT2D eigenvalue weighted by atomic mass is 9.72. The van der Waals surface area contributed by atoms with Crippen molar-refractivity contribution in [1.82, 2.24) is 0 Å². The summed E-state index contributed by atoms with van der Waals surface area (Å²) < 4.78 is 165. The van der Waals surface area contributed by atoms with Gasteiger partial charge in [0.05, 0.1) is 0 Å². The van der Waals surface area contributed by atoms with Crippen LogP contribution in [-0.2, 0) is 0 Å². The molecule has 0 radical (unpaired) electrons. The molecule has 140 valence electrons. The average molecular weight is 376 g/mol. The van der Waals surface area contributed by atoms with Gasteiger partial charge in [-0.25, -0.2) is 0 Å². The summed E-state index contributed by atoms with van der Waals surface area (Å²) in [6.45, 7) is 0.942. The molecule has 0 aliphatic carbocycles. The standard InChI is InChI=1S/C10H9F13/c1-2-3-4-5(8(15,16)17,9(18,19)20)6(11,12)7(13,14)10(21,22)23/h2-4H2,1H3. The zero-order valence-corrected chi connectivity index (χ0v) is 11.0. The van der Waals surface area contributed by atoms with Crippen molar-refractivity contribution >= 4 is 0 Å². The van der Waals surface area contributed by atoms with Crippen molar-refractivity contribution in [3.63, 3.8) is 0 Å². The molecule has 0 nitrogen and oxygen atoms in total. The number of alkyl halides is 13. The summed E-state index contributed by atoms with van der Waals surface area (Å²) in [6.07, 6.45) is -26.1. The monoisotopic (exact) mass is 376 g/mol. The van der Waals surface area contributed by atoms with Gasteiger partial charge in [0.25, 0.3) is 0 Å². The Labute approximate surface area is 120 Å². The van der Waals surface area contributed by atoms with Gasteiger partial charge in [0.15, 0.2) is 0 Å². The van der Waals surface area contributed by atoms with Crippen LogP contribution in [0.2, 0.25) is 0 Å². The van der Waals surface area contributed by atoms with Gasteiger partial charge in [-0.1, -0.05) is 19.8 Å². The molecule has 0 N–H and O–H groups in total. The van der Waals surface area contributed by atoms with Gasteiger partial charge < -0.3 is 0 Å². The molecule has 0 spiro atoms. The predicted octanol–water partition coefficient (Wildman–Crippen LogP) is 6.12. The maximum atomic E-state index is 13.4. The highest BCUT2D eigenvalue weighted by Crippen LogP contribution is 2.67. The second-order valence-corrected chi connectivity index (χ2v) is 4.65. The molecule has 23 heavy (non-hydrogen) atoms. The van der Waals surface area contributed by atoms with E-state index in [1.54, 1.807) is 0 Å². The molecule has 0 fully saturated rings. The van der Waals surface area contributed by atoms with E-state index >= 15 is 0 Å². The van der Waals surface area contributed by atoms with Gasteiger partial charge in [-0.05, 0) is 6.42 Å². The molecule has 0 aromatic rings. The fourth-order valence-electron chi connectivity index (χ4n) is 1.85. The highest BCUT2D eigenvalue weighted by molar-refractivity contribution is 5.10. The molecule has 0 saturated carbocycles. The minimum Gasteiger partial charge on any atom is -0.198 e. The Hall–Kier alpha value is -0.910. The number of hydrogen-bond donors (Lipinski definition) is 0. The van der Waals surface area contributed by atoms with Crippen molar-refractivity contribution in [2.75, 3.05) is 0 Å². The van der Waals surface area contributed by atoms with Crippen molar-refractivity contribution in [2.45, 2.75) is 56.6 Å². The highest BCUT2D eigenvalue weighted by atomic mass is 19.4. The maximum absolute atomic E-state index is 13.4. The largest absolute Gasteiger partial charge is 0.459 e. The van der Waals surface area contributed by atoms with E-state index in [2.05, 4.69) is 0 Å². The smallest absolute Gasteiger partial charge is 0.198 e. The SMILES string of the molecule is CCCCC(C(F)(F)F)(C(F)(F)F)C(F)(F)C(F)(F)C(F)(F)F. The summed E-state index contributed by atoms with van der Waals surface area (Å²) in [4.78, 5) is 0. The molecule has 13 heteroatoms. The summed E-state index contributed by atoms with van der Waals surface area (Å²) >= 11 is 0. The van der Waals surface area contributed by atoms with Crippen molar-refractivity contribution in [1.29, 1.82) is 0 Å². The fourth-order valence-corrected chi connectivity index (χ4v) is 1.85. The molecular weight excluding hydrogens is 367 g/mol. The van der Waals surface area contributed by atoms with Gasteiger partial charge in [-0.3, -0.25) is 0 Å². The molecule has 0 saturated heterocycles. The van der Waals surface area contributed by atoms with Crippen molar-refractivity contribution in [3.05, 3.63) is 0 Å². The van der Waals surface area contributed by atoms with Crippen molar-refractivity contribution in [2.24, 2.45) is 5.41 Å². The van der Waals surface area contributed by atoms with Crippen LogP contribution in [0.15, 0.2) is 0 Å². The van der Waals surface area contributed by atoms with Crippen LogP contribution in [0.3, 0.4) is 0 Å². The quantitative estimate of drug-likeness (QED) is 0.507. The molecule has 0 unspecified atom stereocenters. The van der Waals surface area contributed by atoms with Crippen molar-refractivity contribution < 1.29 is 57.1 Å². The maximum Gasteiger partial charge on any atom is 0.459 e. The topological polar surface area (TPSA) is 0 Å². The van der Waals surface area contributed by atoms with Crippen LogP contribution in [0.25, 0.3) is 0 Å². The number of hydrogen-bond acceptors (Lipinski definition) is 0. The molecule has 0 atom stereocenters. The van der Waals surface area contributed by atoms with Crippen LogP contribution >= 0.6 is 0 Å². The van der Waals surface area contributed by atoms with E-state index in [1.807, 2.05) is 0 Å². The summed E-state index contributed by atoms with van der Waals surface area (Å²) in [5.74, 6) is -15.0. The first-order valence-corrected chi connectivity index (χ1v) is 5.77. The van der Waals surface area contributed by atoms with Gasteiger partial charge in [0.1, 0.15) is 0 Å². The number of unbranched alkanes of at least 4 members (excludes halogenated alkanes) is 1. The van der Waals surface area contributed by atoms with E-state index in [9.17, 15) is 57.1 Å². The van der Waals surface area contributed by atoms with E-state index in [-0.39, 0.29) is 0 Å². The lowest BCUT2D eigenvalue weighted by Gasteiger charge is -2.45. The molecule has 0 heterocycles. The minimum atomic E-state index is -7.54. The third-order valence-electron chi connectivity index (χ3n) is 3.16. The van der Waals surface area contributed by atoms with Crippen LogP contribution in [0.1, 0.15) is 26.2 Å². The number of rotatable bonds is 5. The third-order valence-corrected chi connectivity index (χ3v) is 3.16. The molecule has 0 rings (SSSR count). The van der Waals surface area contributed by atoms with E-state index in [0.29, 0.717) is 0 Å². The molecule has 0 aromatic heterocycles. The molecule has 0 amide bonds. The average Bonchev–Trinajstić information content (AvgIpc) is 2.23. The van der Waals surface area contributed by atoms with Gasteiger partial charge in [-0.2, -0.15) is 57.1 Å². The van der Waals surface area contributed by atoms with Gasteiger partial charge in [0.2, 0.25) is 5.41 Å². The summed E-state index contributed by atoms with van der Waals surface area (Å²) in [7, 11) is 0. The van der Waals surface area contributed by atoms with Gasteiger partial charge in [-0.15, -0.1) is 0 Å². The van der Waals surface area contributed by atoms with Crippen LogP contribution in [-0.4, -0.2) is 30.4 Å².